The molecular formula is C27H37N3O4S. The van der Waals surface area contributed by atoms with Gasteiger partial charge in [0.1, 0.15) is 15.6 Å². The summed E-state index contributed by atoms with van der Waals surface area (Å²) < 4.78 is 29.3. The van der Waals surface area contributed by atoms with Crippen molar-refractivity contribution in [2.45, 2.75) is 43.3 Å². The predicted molar refractivity (Wildman–Crippen MR) is 138 cm³/mol. The van der Waals surface area contributed by atoms with E-state index in [2.05, 4.69) is 43.3 Å². The summed E-state index contributed by atoms with van der Waals surface area (Å²) in [4.78, 5) is 19.7. The first-order valence-corrected chi connectivity index (χ1v) is 14.2. The highest BCUT2D eigenvalue weighted by molar-refractivity contribution is 7.90. The third kappa shape index (κ3) is 5.19. The number of hydrogen-bond acceptors (Lipinski definition) is 5. The van der Waals surface area contributed by atoms with Crippen molar-refractivity contribution < 1.29 is 17.9 Å². The van der Waals surface area contributed by atoms with Crippen molar-refractivity contribution in [3.8, 4) is 5.75 Å². The van der Waals surface area contributed by atoms with Gasteiger partial charge in [0.2, 0.25) is 0 Å². The van der Waals surface area contributed by atoms with E-state index in [0.29, 0.717) is 13.1 Å². The Morgan fingerprint density at radius 3 is 2.14 bits per heavy atom. The number of urea groups is 1. The van der Waals surface area contributed by atoms with Gasteiger partial charge in [-0.2, -0.15) is 0 Å². The molecule has 7 nitrogen and oxygen atoms in total. The number of amides is 2. The van der Waals surface area contributed by atoms with E-state index in [1.165, 1.54) is 11.8 Å². The lowest BCUT2D eigenvalue weighted by Gasteiger charge is -2.51. The van der Waals surface area contributed by atoms with Crippen LogP contribution in [0.4, 0.5) is 4.79 Å². The average Bonchev–Trinajstić information content (AvgIpc) is 3.08. The summed E-state index contributed by atoms with van der Waals surface area (Å²) in [7, 11) is 2.70. The molecule has 2 aliphatic rings. The van der Waals surface area contributed by atoms with Crippen molar-refractivity contribution in [3.63, 3.8) is 0 Å². The summed E-state index contributed by atoms with van der Waals surface area (Å²) in [6, 6.07) is 18.3. The SMILES string of the molecule is COc1ccc(CN2C[C@]3(CC[C@](c4ccccc4)(N(C)C)CC3)N(CCS(C)(=O)=O)C2=O)cc1. The van der Waals surface area contributed by atoms with Gasteiger partial charge >= 0.3 is 6.03 Å². The molecule has 2 aromatic carbocycles. The first kappa shape index (κ1) is 25.5. The van der Waals surface area contributed by atoms with E-state index < -0.39 is 9.84 Å². The molecule has 1 saturated heterocycles. The van der Waals surface area contributed by atoms with Crippen LogP contribution in [-0.2, 0) is 21.9 Å². The van der Waals surface area contributed by atoms with Gasteiger partial charge in [0.15, 0.2) is 0 Å². The molecule has 8 heteroatoms. The molecule has 0 aromatic heterocycles. The molecule has 35 heavy (non-hydrogen) atoms. The second-order valence-electron chi connectivity index (χ2n) is 10.3. The Morgan fingerprint density at radius 2 is 1.60 bits per heavy atom. The van der Waals surface area contributed by atoms with Gasteiger partial charge in [-0.25, -0.2) is 13.2 Å². The molecule has 1 heterocycles. The zero-order valence-electron chi connectivity index (χ0n) is 21.2. The summed E-state index contributed by atoms with van der Waals surface area (Å²) in [6.07, 6.45) is 4.71. The molecular weight excluding hydrogens is 462 g/mol. The van der Waals surface area contributed by atoms with Crippen LogP contribution >= 0.6 is 0 Å². The van der Waals surface area contributed by atoms with Crippen LogP contribution in [0.15, 0.2) is 54.6 Å². The number of sulfone groups is 1. The average molecular weight is 500 g/mol. The molecule has 4 rings (SSSR count). The van der Waals surface area contributed by atoms with Gasteiger partial charge in [0.05, 0.1) is 18.4 Å². The van der Waals surface area contributed by atoms with Crippen LogP contribution in [0.25, 0.3) is 0 Å². The molecule has 2 fully saturated rings. The number of hydrogen-bond donors (Lipinski definition) is 0. The van der Waals surface area contributed by atoms with Crippen LogP contribution in [-0.4, -0.2) is 81.0 Å². The van der Waals surface area contributed by atoms with Crippen molar-refractivity contribution >= 4 is 15.9 Å². The highest BCUT2D eigenvalue weighted by Gasteiger charge is 2.54. The third-order valence-electron chi connectivity index (χ3n) is 7.95. The van der Waals surface area contributed by atoms with Gasteiger partial charge in [-0.05, 0) is 63.0 Å². The Balaban J connectivity index is 1.59. The number of carbonyl (C=O) groups is 1. The zero-order chi connectivity index (χ0) is 25.3. The minimum Gasteiger partial charge on any atom is -0.497 e. The zero-order valence-corrected chi connectivity index (χ0v) is 22.1. The fourth-order valence-electron chi connectivity index (χ4n) is 5.85. The molecule has 0 unspecified atom stereocenters. The van der Waals surface area contributed by atoms with Crippen LogP contribution in [0.3, 0.4) is 0 Å². The molecule has 0 atom stereocenters. The van der Waals surface area contributed by atoms with Crippen LogP contribution in [0.5, 0.6) is 5.75 Å². The van der Waals surface area contributed by atoms with Crippen LogP contribution in [0.1, 0.15) is 36.8 Å². The number of nitrogens with zero attached hydrogens (tertiary/aromatic N) is 3. The molecule has 0 N–H and O–H groups in total. The lowest BCUT2D eigenvalue weighted by molar-refractivity contribution is 0.0263. The van der Waals surface area contributed by atoms with Crippen LogP contribution in [0, 0.1) is 0 Å². The summed E-state index contributed by atoms with van der Waals surface area (Å²) in [5, 5.41) is 0. The normalized spacial score (nSPS) is 25.0. The predicted octanol–water partition coefficient (Wildman–Crippen LogP) is 3.75. The van der Waals surface area contributed by atoms with Crippen molar-refractivity contribution in [1.29, 1.82) is 0 Å². The fourth-order valence-corrected chi connectivity index (χ4v) is 6.36. The summed E-state index contributed by atoms with van der Waals surface area (Å²) in [5.41, 5.74) is 1.87. The molecule has 0 bridgehead atoms. The van der Waals surface area contributed by atoms with Gasteiger partial charge in [-0.15, -0.1) is 0 Å². The third-order valence-corrected chi connectivity index (χ3v) is 8.88. The standard InChI is InChI=1S/C27H37N3O4S/c1-28(2)27(23-8-6-5-7-9-23)16-14-26(15-17-27)21-29(20-22-10-12-24(34-3)13-11-22)25(31)30(26)18-19-35(4,32)33/h5-13H,14-21H2,1-4H3/t26-,27+. The second-order valence-corrected chi connectivity index (χ2v) is 12.5. The van der Waals surface area contributed by atoms with Crippen LogP contribution < -0.4 is 4.74 Å². The number of benzene rings is 2. The second kappa shape index (κ2) is 9.82. The minimum atomic E-state index is -3.19. The summed E-state index contributed by atoms with van der Waals surface area (Å²) in [5.74, 6) is 0.759. The Bertz CT molecular complexity index is 1120. The van der Waals surface area contributed by atoms with Gasteiger partial charge in [-0.3, -0.25) is 4.90 Å². The monoisotopic (exact) mass is 499 g/mol. The highest BCUT2D eigenvalue weighted by atomic mass is 32.2. The van der Waals surface area contributed by atoms with Crippen molar-refractivity contribution in [3.05, 3.63) is 65.7 Å². The van der Waals surface area contributed by atoms with Gasteiger partial charge < -0.3 is 14.5 Å². The van der Waals surface area contributed by atoms with Gasteiger partial charge in [0.25, 0.3) is 0 Å². The Hall–Kier alpha value is -2.58. The maximum Gasteiger partial charge on any atom is 0.320 e. The van der Waals surface area contributed by atoms with Crippen molar-refractivity contribution in [2.24, 2.45) is 0 Å². The number of rotatable bonds is 8. The minimum absolute atomic E-state index is 0.0195. The van der Waals surface area contributed by atoms with E-state index in [1.54, 1.807) is 7.11 Å². The van der Waals surface area contributed by atoms with E-state index in [-0.39, 0.29) is 29.4 Å². The summed E-state index contributed by atoms with van der Waals surface area (Å²) >= 11 is 0. The maximum absolute atomic E-state index is 13.6. The lowest BCUT2D eigenvalue weighted by atomic mass is 9.68. The molecule has 2 amide bonds. The van der Waals surface area contributed by atoms with Gasteiger partial charge in [0, 0.05) is 31.4 Å². The molecule has 1 spiro atoms. The van der Waals surface area contributed by atoms with E-state index in [1.807, 2.05) is 40.1 Å². The number of methoxy groups -OCH3 is 1. The topological polar surface area (TPSA) is 70.2 Å². The van der Waals surface area contributed by atoms with E-state index in [0.717, 1.165) is 37.0 Å². The van der Waals surface area contributed by atoms with Crippen molar-refractivity contribution in [1.82, 2.24) is 14.7 Å². The molecule has 2 aromatic rings. The lowest BCUT2D eigenvalue weighted by Crippen LogP contribution is -2.56. The Morgan fingerprint density at radius 1 is 0.971 bits per heavy atom. The van der Waals surface area contributed by atoms with Gasteiger partial charge in [-0.1, -0.05) is 42.5 Å². The number of ether oxygens (including phenoxy) is 1. The summed E-state index contributed by atoms with van der Waals surface area (Å²) in [6.45, 7) is 1.34. The molecule has 1 aliphatic carbocycles. The van der Waals surface area contributed by atoms with Crippen LogP contribution in [0.2, 0.25) is 0 Å². The first-order chi connectivity index (χ1) is 16.6. The Labute approximate surface area is 209 Å². The fraction of sp³-hybridized carbons (Fsp3) is 0.519. The first-order valence-electron chi connectivity index (χ1n) is 12.2. The molecule has 190 valence electrons. The molecule has 1 aliphatic heterocycles. The van der Waals surface area contributed by atoms with E-state index in [9.17, 15) is 13.2 Å². The Kier molecular flexibility index (Phi) is 7.16. The van der Waals surface area contributed by atoms with Crippen molar-refractivity contribution in [2.75, 3.05) is 46.3 Å². The highest BCUT2D eigenvalue weighted by Crippen LogP contribution is 2.49. The van der Waals surface area contributed by atoms with E-state index >= 15 is 0 Å². The smallest absolute Gasteiger partial charge is 0.320 e. The number of carbonyl (C=O) groups excluding carboxylic acids is 1. The quantitative estimate of drug-likeness (QED) is 0.553. The van der Waals surface area contributed by atoms with E-state index in [4.69, 9.17) is 4.74 Å². The molecule has 1 saturated carbocycles. The maximum atomic E-state index is 13.6. The largest absolute Gasteiger partial charge is 0.497 e. The molecule has 0 radical (unpaired) electrons.